The Morgan fingerprint density at radius 2 is 1.92 bits per heavy atom. The van der Waals surface area contributed by atoms with E-state index in [0.29, 0.717) is 18.9 Å². The summed E-state index contributed by atoms with van der Waals surface area (Å²) >= 11 is 0. The first-order valence-electron chi connectivity index (χ1n) is 9.35. The first-order valence-corrected chi connectivity index (χ1v) is 9.35. The summed E-state index contributed by atoms with van der Waals surface area (Å²) in [5.41, 5.74) is 3.58. The summed E-state index contributed by atoms with van der Waals surface area (Å²) < 4.78 is 0. The molecule has 0 aliphatic heterocycles. The van der Waals surface area contributed by atoms with Crippen LogP contribution in [0.3, 0.4) is 0 Å². The summed E-state index contributed by atoms with van der Waals surface area (Å²) in [6, 6.07) is 18.7. The van der Waals surface area contributed by atoms with E-state index in [2.05, 4.69) is 71.1 Å². The molecule has 0 saturated carbocycles. The van der Waals surface area contributed by atoms with Crippen LogP contribution in [0.4, 0.5) is 0 Å². The van der Waals surface area contributed by atoms with Gasteiger partial charge < -0.3 is 10.3 Å². The van der Waals surface area contributed by atoms with Crippen molar-refractivity contribution in [3.8, 4) is 0 Å². The van der Waals surface area contributed by atoms with E-state index in [9.17, 15) is 4.79 Å². The number of hydrogen-bond acceptors (Lipinski definition) is 1. The normalized spacial score (nSPS) is 17.5. The van der Waals surface area contributed by atoms with E-state index >= 15 is 0 Å². The van der Waals surface area contributed by atoms with Gasteiger partial charge in [0.05, 0.1) is 0 Å². The molecule has 2 N–H and O–H groups in total. The van der Waals surface area contributed by atoms with E-state index in [0.717, 1.165) is 18.4 Å². The molecule has 132 valence electrons. The standard InChI is InChI=1S/C23H24N2O/c26-23(14-17-8-4-5-9-17)25-15-20(18-10-2-1-3-11-18)21-16-24-22-13-7-6-12-19(21)22/h1-4,6-8,10-13,16-17,20,24H,5,9,14-15H2,(H,25,26). The number of aromatic nitrogens is 1. The second kappa shape index (κ2) is 7.61. The number of amides is 1. The highest BCUT2D eigenvalue weighted by Gasteiger charge is 2.20. The van der Waals surface area contributed by atoms with E-state index < -0.39 is 0 Å². The number of nitrogens with one attached hydrogen (secondary N) is 2. The quantitative estimate of drug-likeness (QED) is 0.622. The number of carbonyl (C=O) groups excluding carboxylic acids is 1. The zero-order valence-electron chi connectivity index (χ0n) is 14.8. The predicted molar refractivity (Wildman–Crippen MR) is 106 cm³/mol. The maximum Gasteiger partial charge on any atom is 0.220 e. The summed E-state index contributed by atoms with van der Waals surface area (Å²) in [6.07, 6.45) is 9.21. The maximum absolute atomic E-state index is 12.4. The van der Waals surface area contributed by atoms with Crippen LogP contribution in [0.1, 0.15) is 36.3 Å². The molecule has 0 bridgehead atoms. The Kier molecular flexibility index (Phi) is 4.87. The van der Waals surface area contributed by atoms with Gasteiger partial charge in [-0.3, -0.25) is 4.79 Å². The van der Waals surface area contributed by atoms with Crippen LogP contribution in [-0.2, 0) is 4.79 Å². The summed E-state index contributed by atoms with van der Waals surface area (Å²) in [5.74, 6) is 0.677. The number of carbonyl (C=O) groups is 1. The summed E-state index contributed by atoms with van der Waals surface area (Å²) in [5, 5.41) is 4.39. The first kappa shape index (κ1) is 16.6. The molecule has 1 aliphatic carbocycles. The molecule has 0 fully saturated rings. The van der Waals surface area contributed by atoms with Crippen LogP contribution in [0.25, 0.3) is 10.9 Å². The molecule has 0 spiro atoms. The third kappa shape index (κ3) is 3.57. The predicted octanol–water partition coefficient (Wildman–Crippen LogP) is 4.77. The van der Waals surface area contributed by atoms with Gasteiger partial charge in [-0.1, -0.05) is 60.7 Å². The Hall–Kier alpha value is -2.81. The lowest BCUT2D eigenvalue weighted by atomic mass is 9.90. The molecule has 3 aromatic rings. The molecule has 26 heavy (non-hydrogen) atoms. The molecule has 2 unspecified atom stereocenters. The van der Waals surface area contributed by atoms with Crippen LogP contribution in [0.2, 0.25) is 0 Å². The molecule has 4 rings (SSSR count). The average molecular weight is 344 g/mol. The van der Waals surface area contributed by atoms with Crippen LogP contribution in [0, 0.1) is 5.92 Å². The minimum absolute atomic E-state index is 0.135. The second-order valence-corrected chi connectivity index (χ2v) is 7.03. The van der Waals surface area contributed by atoms with Crippen molar-refractivity contribution in [2.45, 2.75) is 25.2 Å². The number of H-pyrrole nitrogens is 1. The van der Waals surface area contributed by atoms with Gasteiger partial charge in [-0.15, -0.1) is 0 Å². The number of hydrogen-bond donors (Lipinski definition) is 2. The van der Waals surface area contributed by atoms with Gasteiger partial charge in [0.1, 0.15) is 0 Å². The summed E-state index contributed by atoms with van der Waals surface area (Å²) in [4.78, 5) is 15.8. The van der Waals surface area contributed by atoms with Crippen LogP contribution < -0.4 is 5.32 Å². The van der Waals surface area contributed by atoms with Crippen molar-refractivity contribution in [3.63, 3.8) is 0 Å². The van der Waals surface area contributed by atoms with Gasteiger partial charge in [0.2, 0.25) is 5.91 Å². The fourth-order valence-electron chi connectivity index (χ4n) is 3.87. The van der Waals surface area contributed by atoms with Crippen molar-refractivity contribution in [1.82, 2.24) is 10.3 Å². The van der Waals surface area contributed by atoms with Gasteiger partial charge in [-0.2, -0.15) is 0 Å². The smallest absolute Gasteiger partial charge is 0.220 e. The molecular weight excluding hydrogens is 320 g/mol. The fourth-order valence-corrected chi connectivity index (χ4v) is 3.87. The maximum atomic E-state index is 12.4. The third-order valence-electron chi connectivity index (χ3n) is 5.26. The van der Waals surface area contributed by atoms with Gasteiger partial charge in [0.25, 0.3) is 0 Å². The lowest BCUT2D eigenvalue weighted by Crippen LogP contribution is -2.29. The molecule has 0 saturated heterocycles. The minimum Gasteiger partial charge on any atom is -0.361 e. The molecule has 0 radical (unpaired) electrons. The number of rotatable bonds is 6. The van der Waals surface area contributed by atoms with Gasteiger partial charge >= 0.3 is 0 Å². The number of benzene rings is 2. The van der Waals surface area contributed by atoms with Crippen LogP contribution in [-0.4, -0.2) is 17.4 Å². The van der Waals surface area contributed by atoms with E-state index in [4.69, 9.17) is 0 Å². The minimum atomic E-state index is 0.135. The van der Waals surface area contributed by atoms with E-state index in [1.54, 1.807) is 0 Å². The average Bonchev–Trinajstić information content (AvgIpc) is 3.33. The molecule has 2 atom stereocenters. The first-order chi connectivity index (χ1) is 12.8. The Morgan fingerprint density at radius 3 is 2.73 bits per heavy atom. The van der Waals surface area contributed by atoms with Crippen LogP contribution >= 0.6 is 0 Å². The fraction of sp³-hybridized carbons (Fsp3) is 0.261. The van der Waals surface area contributed by atoms with Gasteiger partial charge in [-0.25, -0.2) is 0 Å². The van der Waals surface area contributed by atoms with Gasteiger partial charge in [0.15, 0.2) is 0 Å². The number of aromatic amines is 1. The Labute approximate surface area is 154 Å². The highest BCUT2D eigenvalue weighted by Crippen LogP contribution is 2.30. The number of para-hydroxylation sites is 1. The molecule has 1 heterocycles. The molecule has 1 aromatic heterocycles. The van der Waals surface area contributed by atoms with Gasteiger partial charge in [-0.05, 0) is 36.0 Å². The van der Waals surface area contributed by atoms with Crippen molar-refractivity contribution in [2.75, 3.05) is 6.54 Å². The lowest BCUT2D eigenvalue weighted by molar-refractivity contribution is -0.121. The highest BCUT2D eigenvalue weighted by atomic mass is 16.1. The summed E-state index contributed by atoms with van der Waals surface area (Å²) in [6.45, 7) is 0.612. The van der Waals surface area contributed by atoms with E-state index in [-0.39, 0.29) is 11.8 Å². The zero-order valence-corrected chi connectivity index (χ0v) is 14.8. The van der Waals surface area contributed by atoms with Crippen molar-refractivity contribution in [1.29, 1.82) is 0 Å². The summed E-state index contributed by atoms with van der Waals surface area (Å²) in [7, 11) is 0. The van der Waals surface area contributed by atoms with Crippen molar-refractivity contribution < 1.29 is 4.79 Å². The Bertz CT molecular complexity index is 910. The molecule has 3 nitrogen and oxygen atoms in total. The SMILES string of the molecule is O=C(CC1C=CCC1)NCC(c1ccccc1)c1c[nH]c2ccccc12. The molecule has 3 heteroatoms. The highest BCUT2D eigenvalue weighted by molar-refractivity contribution is 5.84. The lowest BCUT2D eigenvalue weighted by Gasteiger charge is -2.19. The second-order valence-electron chi connectivity index (χ2n) is 7.03. The number of allylic oxidation sites excluding steroid dienone is 2. The van der Waals surface area contributed by atoms with Crippen molar-refractivity contribution in [2.24, 2.45) is 5.92 Å². The topological polar surface area (TPSA) is 44.9 Å². The monoisotopic (exact) mass is 344 g/mol. The number of fused-ring (bicyclic) bond motifs is 1. The van der Waals surface area contributed by atoms with Crippen LogP contribution in [0.15, 0.2) is 72.9 Å². The molecular formula is C23H24N2O. The van der Waals surface area contributed by atoms with Crippen LogP contribution in [0.5, 0.6) is 0 Å². The van der Waals surface area contributed by atoms with E-state index in [1.807, 2.05) is 12.1 Å². The molecule has 1 amide bonds. The Balaban J connectivity index is 1.55. The third-order valence-corrected chi connectivity index (χ3v) is 5.26. The van der Waals surface area contributed by atoms with Crippen molar-refractivity contribution >= 4 is 16.8 Å². The molecule has 2 aromatic carbocycles. The van der Waals surface area contributed by atoms with Gasteiger partial charge in [0, 0.05) is 36.0 Å². The molecule has 1 aliphatic rings. The van der Waals surface area contributed by atoms with Crippen molar-refractivity contribution in [3.05, 3.63) is 84.1 Å². The Morgan fingerprint density at radius 1 is 1.12 bits per heavy atom. The van der Waals surface area contributed by atoms with E-state index in [1.165, 1.54) is 16.5 Å². The largest absolute Gasteiger partial charge is 0.361 e. The zero-order chi connectivity index (χ0) is 17.8.